The van der Waals surface area contributed by atoms with Gasteiger partial charge in [0.05, 0.1) is 12.8 Å². The first kappa shape index (κ1) is 12.3. The number of furan rings is 1. The Bertz CT molecular complexity index is 474. The molecule has 1 saturated carbocycles. The second-order valence-corrected chi connectivity index (χ2v) is 5.16. The van der Waals surface area contributed by atoms with Crippen molar-refractivity contribution >= 4 is 11.9 Å². The second kappa shape index (κ2) is 4.72. The van der Waals surface area contributed by atoms with Crippen molar-refractivity contribution in [2.45, 2.75) is 37.6 Å². The van der Waals surface area contributed by atoms with Gasteiger partial charge in [-0.05, 0) is 25.0 Å². The zero-order valence-corrected chi connectivity index (χ0v) is 10.8. The summed E-state index contributed by atoms with van der Waals surface area (Å²) in [5.74, 6) is -0.165. The smallest absolute Gasteiger partial charge is 0.332 e. The van der Waals surface area contributed by atoms with Gasteiger partial charge in [0, 0.05) is 0 Å². The fraction of sp³-hybridized carbons (Fsp3) is 0.571. The van der Waals surface area contributed by atoms with Crippen LogP contribution >= 0.6 is 0 Å². The molecule has 0 N–H and O–H groups in total. The van der Waals surface area contributed by atoms with E-state index in [0.29, 0.717) is 25.1 Å². The van der Waals surface area contributed by atoms with E-state index >= 15 is 0 Å². The van der Waals surface area contributed by atoms with Gasteiger partial charge in [-0.2, -0.15) is 0 Å². The molecule has 102 valence electrons. The average Bonchev–Trinajstić information content (AvgIpc) is 2.96. The highest BCUT2D eigenvalue weighted by Crippen LogP contribution is 2.37. The molecule has 0 unspecified atom stereocenters. The van der Waals surface area contributed by atoms with Crippen LogP contribution in [0.25, 0.3) is 0 Å². The number of rotatable bonds is 1. The topological polar surface area (TPSA) is 59.8 Å². The minimum atomic E-state index is -0.764. The molecule has 5 nitrogen and oxygen atoms in total. The van der Waals surface area contributed by atoms with Crippen LogP contribution in [0.3, 0.4) is 0 Å². The van der Waals surface area contributed by atoms with Crippen molar-refractivity contribution in [3.8, 4) is 0 Å². The van der Waals surface area contributed by atoms with Gasteiger partial charge in [-0.1, -0.05) is 19.3 Å². The molecule has 3 rings (SSSR count). The van der Waals surface area contributed by atoms with Crippen LogP contribution in [-0.4, -0.2) is 35.5 Å². The maximum absolute atomic E-state index is 12.5. The van der Waals surface area contributed by atoms with Gasteiger partial charge >= 0.3 is 5.97 Å². The van der Waals surface area contributed by atoms with E-state index in [1.54, 1.807) is 17.0 Å². The number of morpholine rings is 1. The Kier molecular flexibility index (Phi) is 3.05. The zero-order valence-electron chi connectivity index (χ0n) is 10.8. The predicted molar refractivity (Wildman–Crippen MR) is 66.5 cm³/mol. The molecule has 0 radical (unpaired) electrons. The minimum Gasteiger partial charge on any atom is -0.462 e. The van der Waals surface area contributed by atoms with Crippen molar-refractivity contribution in [1.82, 2.24) is 4.90 Å². The van der Waals surface area contributed by atoms with Gasteiger partial charge in [0.25, 0.3) is 5.91 Å². The molecule has 0 aromatic carbocycles. The Morgan fingerprint density at radius 2 is 2.05 bits per heavy atom. The van der Waals surface area contributed by atoms with Crippen LogP contribution in [-0.2, 0) is 9.53 Å². The van der Waals surface area contributed by atoms with Crippen LogP contribution in [0.2, 0.25) is 0 Å². The van der Waals surface area contributed by atoms with Gasteiger partial charge in [-0.25, -0.2) is 4.79 Å². The molecule has 1 aliphatic carbocycles. The number of carbonyl (C=O) groups excluding carboxylic acids is 2. The molecule has 1 aromatic rings. The lowest BCUT2D eigenvalue weighted by Gasteiger charge is -2.46. The molecule has 0 atom stereocenters. The van der Waals surface area contributed by atoms with Gasteiger partial charge in [0.1, 0.15) is 12.1 Å². The Labute approximate surface area is 111 Å². The summed E-state index contributed by atoms with van der Waals surface area (Å²) in [4.78, 5) is 26.4. The van der Waals surface area contributed by atoms with Crippen molar-refractivity contribution in [2.75, 3.05) is 13.2 Å². The third-order valence-corrected chi connectivity index (χ3v) is 4.10. The van der Waals surface area contributed by atoms with Crippen LogP contribution in [0.1, 0.15) is 42.7 Å². The zero-order chi connectivity index (χ0) is 13.3. The summed E-state index contributed by atoms with van der Waals surface area (Å²) >= 11 is 0. The molecular formula is C14H17NO4. The third kappa shape index (κ3) is 1.93. The highest BCUT2D eigenvalue weighted by atomic mass is 16.5. The molecule has 1 amide bonds. The molecule has 0 bridgehead atoms. The monoisotopic (exact) mass is 263 g/mol. The number of hydrogen-bond donors (Lipinski definition) is 0. The number of amides is 1. The first-order valence-corrected chi connectivity index (χ1v) is 6.77. The van der Waals surface area contributed by atoms with Crippen LogP contribution in [0, 0.1) is 0 Å². The number of ether oxygens (including phenoxy) is 1. The highest BCUT2D eigenvalue weighted by molar-refractivity contribution is 5.96. The van der Waals surface area contributed by atoms with Crippen LogP contribution in [0.4, 0.5) is 0 Å². The highest BCUT2D eigenvalue weighted by Gasteiger charge is 2.51. The Morgan fingerprint density at radius 1 is 1.26 bits per heavy atom. The van der Waals surface area contributed by atoms with E-state index in [-0.39, 0.29) is 18.5 Å². The van der Waals surface area contributed by atoms with Crippen molar-refractivity contribution in [2.24, 2.45) is 0 Å². The van der Waals surface area contributed by atoms with Crippen molar-refractivity contribution in [3.05, 3.63) is 24.2 Å². The quantitative estimate of drug-likeness (QED) is 0.727. The lowest BCUT2D eigenvalue weighted by Crippen LogP contribution is -2.62. The number of carbonyl (C=O) groups is 2. The van der Waals surface area contributed by atoms with Gasteiger partial charge in [0.15, 0.2) is 5.76 Å². The van der Waals surface area contributed by atoms with E-state index in [0.717, 1.165) is 19.3 Å². The molecule has 2 fully saturated rings. The van der Waals surface area contributed by atoms with E-state index < -0.39 is 5.54 Å². The maximum atomic E-state index is 12.5. The Balaban J connectivity index is 1.93. The lowest BCUT2D eigenvalue weighted by atomic mass is 9.79. The summed E-state index contributed by atoms with van der Waals surface area (Å²) in [5, 5.41) is 0. The molecule has 1 saturated heterocycles. The van der Waals surface area contributed by atoms with E-state index in [9.17, 15) is 9.59 Å². The number of esters is 1. The maximum Gasteiger partial charge on any atom is 0.332 e. The average molecular weight is 263 g/mol. The molecule has 2 aliphatic rings. The summed E-state index contributed by atoms with van der Waals surface area (Å²) in [6.45, 7) is 0.721. The largest absolute Gasteiger partial charge is 0.462 e. The van der Waals surface area contributed by atoms with Crippen molar-refractivity contribution in [1.29, 1.82) is 0 Å². The normalized spacial score (nSPS) is 22.3. The summed E-state index contributed by atoms with van der Waals surface area (Å²) in [6, 6.07) is 3.32. The number of nitrogens with zero attached hydrogens (tertiary/aromatic N) is 1. The summed E-state index contributed by atoms with van der Waals surface area (Å²) in [5.41, 5.74) is -0.764. The molecule has 1 aromatic heterocycles. The SMILES string of the molecule is O=C(c1ccco1)N1CCOC(=O)C12CCCCC2. The van der Waals surface area contributed by atoms with E-state index in [2.05, 4.69) is 0 Å². The minimum absolute atomic E-state index is 0.205. The Morgan fingerprint density at radius 3 is 2.74 bits per heavy atom. The predicted octanol–water partition coefficient (Wildman–Crippen LogP) is 1.98. The van der Waals surface area contributed by atoms with Gasteiger partial charge in [-0.15, -0.1) is 0 Å². The molecule has 19 heavy (non-hydrogen) atoms. The van der Waals surface area contributed by atoms with Crippen LogP contribution in [0.5, 0.6) is 0 Å². The first-order valence-electron chi connectivity index (χ1n) is 6.77. The first-order chi connectivity index (χ1) is 9.24. The standard InChI is InChI=1S/C14H17NO4/c16-12(11-5-4-9-18-11)15-8-10-19-13(17)14(15)6-2-1-3-7-14/h4-5,9H,1-3,6-8,10H2. The fourth-order valence-corrected chi connectivity index (χ4v) is 3.13. The van der Waals surface area contributed by atoms with Gasteiger partial charge in [0.2, 0.25) is 0 Å². The van der Waals surface area contributed by atoms with Gasteiger partial charge in [-0.3, -0.25) is 4.79 Å². The Hall–Kier alpha value is -1.78. The lowest BCUT2D eigenvalue weighted by molar-refractivity contribution is -0.168. The van der Waals surface area contributed by atoms with E-state index in [4.69, 9.17) is 9.15 Å². The number of hydrogen-bond acceptors (Lipinski definition) is 4. The van der Waals surface area contributed by atoms with Crippen molar-refractivity contribution < 1.29 is 18.7 Å². The molecule has 1 aliphatic heterocycles. The summed E-state index contributed by atoms with van der Waals surface area (Å²) < 4.78 is 10.4. The van der Waals surface area contributed by atoms with Crippen molar-refractivity contribution in [3.63, 3.8) is 0 Å². The molecular weight excluding hydrogens is 246 g/mol. The fourth-order valence-electron chi connectivity index (χ4n) is 3.13. The van der Waals surface area contributed by atoms with Gasteiger partial charge < -0.3 is 14.1 Å². The number of cyclic esters (lactones) is 1. The van der Waals surface area contributed by atoms with Crippen LogP contribution in [0.15, 0.2) is 22.8 Å². The second-order valence-electron chi connectivity index (χ2n) is 5.16. The van der Waals surface area contributed by atoms with E-state index in [1.807, 2.05) is 0 Å². The molecule has 2 heterocycles. The van der Waals surface area contributed by atoms with E-state index in [1.165, 1.54) is 6.26 Å². The molecule has 1 spiro atoms. The van der Waals surface area contributed by atoms with Crippen LogP contribution < -0.4 is 0 Å². The summed E-state index contributed by atoms with van der Waals surface area (Å²) in [6.07, 6.45) is 5.88. The molecule has 5 heteroatoms. The third-order valence-electron chi connectivity index (χ3n) is 4.10. The summed E-state index contributed by atoms with van der Waals surface area (Å²) in [7, 11) is 0.